The van der Waals surface area contributed by atoms with Crippen molar-refractivity contribution in [1.82, 2.24) is 9.21 Å². The van der Waals surface area contributed by atoms with Crippen molar-refractivity contribution in [2.24, 2.45) is 0 Å². The van der Waals surface area contributed by atoms with Gasteiger partial charge in [0.05, 0.1) is 11.4 Å². The highest BCUT2D eigenvalue weighted by molar-refractivity contribution is 7.89. The van der Waals surface area contributed by atoms with Crippen LogP contribution in [0.3, 0.4) is 0 Å². The van der Waals surface area contributed by atoms with E-state index in [-0.39, 0.29) is 23.9 Å². The van der Waals surface area contributed by atoms with Gasteiger partial charge in [0.15, 0.2) is 0 Å². The summed E-state index contributed by atoms with van der Waals surface area (Å²) in [5.41, 5.74) is 3.23. The molecule has 1 amide bonds. The number of hydrogen-bond donors (Lipinski definition) is 0. The number of halogens is 1. The Morgan fingerprint density at radius 2 is 1.54 bits per heavy atom. The first-order valence-corrected chi connectivity index (χ1v) is 13.5. The number of anilines is 1. The fourth-order valence-electron chi connectivity index (χ4n) is 4.30. The van der Waals surface area contributed by atoms with E-state index in [2.05, 4.69) is 4.90 Å². The zero-order valence-electron chi connectivity index (χ0n) is 19.8. The molecule has 8 heteroatoms. The summed E-state index contributed by atoms with van der Waals surface area (Å²) in [6, 6.07) is 23.8. The smallest absolute Gasteiger partial charge is 0.243 e. The summed E-state index contributed by atoms with van der Waals surface area (Å²) in [5, 5.41) is 0.685. The highest BCUT2D eigenvalue weighted by Crippen LogP contribution is 2.25. The second-order valence-electron chi connectivity index (χ2n) is 8.69. The molecule has 0 unspecified atom stereocenters. The third-order valence-electron chi connectivity index (χ3n) is 6.33. The minimum atomic E-state index is -3.81. The Balaban J connectivity index is 1.45. The minimum Gasteiger partial charge on any atom is -0.368 e. The number of aryl methyl sites for hydroxylation is 1. The summed E-state index contributed by atoms with van der Waals surface area (Å²) in [4.78, 5) is 17.4. The van der Waals surface area contributed by atoms with E-state index in [0.29, 0.717) is 37.6 Å². The first-order chi connectivity index (χ1) is 16.8. The molecule has 184 valence electrons. The summed E-state index contributed by atoms with van der Waals surface area (Å²) in [7, 11) is -3.81. The maximum atomic E-state index is 13.4. The molecule has 0 saturated carbocycles. The lowest BCUT2D eigenvalue weighted by Gasteiger charge is -2.37. The lowest BCUT2D eigenvalue weighted by molar-refractivity contribution is -0.131. The van der Waals surface area contributed by atoms with Crippen LogP contribution in [0.1, 0.15) is 11.1 Å². The van der Waals surface area contributed by atoms with E-state index in [1.54, 1.807) is 35.2 Å². The first kappa shape index (κ1) is 25.2. The van der Waals surface area contributed by atoms with Crippen molar-refractivity contribution < 1.29 is 13.2 Å². The molecule has 35 heavy (non-hydrogen) atoms. The molecule has 1 aliphatic heterocycles. The van der Waals surface area contributed by atoms with Crippen molar-refractivity contribution >= 4 is 33.2 Å². The summed E-state index contributed by atoms with van der Waals surface area (Å²) in [6.07, 6.45) is 0.530. The molecule has 0 atom stereocenters. The van der Waals surface area contributed by atoms with Crippen molar-refractivity contribution in [3.05, 3.63) is 95.0 Å². The van der Waals surface area contributed by atoms with Crippen LogP contribution >= 0.6 is 11.6 Å². The maximum Gasteiger partial charge on any atom is 0.243 e. The largest absolute Gasteiger partial charge is 0.368 e. The van der Waals surface area contributed by atoms with Crippen LogP contribution in [0.15, 0.2) is 83.8 Å². The van der Waals surface area contributed by atoms with Crippen LogP contribution in [0.25, 0.3) is 0 Å². The van der Waals surface area contributed by atoms with Crippen LogP contribution in [0.2, 0.25) is 5.02 Å². The number of sulfonamides is 1. The van der Waals surface area contributed by atoms with Gasteiger partial charge in [-0.2, -0.15) is 4.31 Å². The average molecular weight is 512 g/mol. The lowest BCUT2D eigenvalue weighted by Crippen LogP contribution is -2.52. The van der Waals surface area contributed by atoms with Crippen LogP contribution in [0.5, 0.6) is 0 Å². The number of carbonyl (C=O) groups is 1. The fourth-order valence-corrected chi connectivity index (χ4v) is 5.87. The zero-order valence-corrected chi connectivity index (χ0v) is 21.4. The van der Waals surface area contributed by atoms with Crippen LogP contribution in [0, 0.1) is 6.92 Å². The van der Waals surface area contributed by atoms with Gasteiger partial charge in [-0.15, -0.1) is 0 Å². The van der Waals surface area contributed by atoms with E-state index in [1.165, 1.54) is 4.31 Å². The number of amides is 1. The van der Waals surface area contributed by atoms with Gasteiger partial charge < -0.3 is 9.80 Å². The Hall–Kier alpha value is -2.87. The van der Waals surface area contributed by atoms with Crippen LogP contribution < -0.4 is 4.90 Å². The number of hydrogen-bond acceptors (Lipinski definition) is 4. The molecule has 0 aliphatic carbocycles. The Kier molecular flexibility index (Phi) is 8.11. The molecule has 1 heterocycles. The SMILES string of the molecule is Cc1ccc(Cl)cc1N1CCN(C(=O)CN(CCc2ccccc2)S(=O)(=O)c2ccccc2)CC1. The first-order valence-electron chi connectivity index (χ1n) is 11.7. The van der Waals surface area contributed by atoms with Gasteiger partial charge in [-0.05, 0) is 48.7 Å². The lowest BCUT2D eigenvalue weighted by atomic mass is 10.1. The van der Waals surface area contributed by atoms with E-state index in [0.717, 1.165) is 16.8 Å². The number of nitrogens with zero attached hydrogens (tertiary/aromatic N) is 3. The van der Waals surface area contributed by atoms with Gasteiger partial charge in [-0.1, -0.05) is 66.2 Å². The van der Waals surface area contributed by atoms with Gasteiger partial charge in [0.2, 0.25) is 15.9 Å². The highest BCUT2D eigenvalue weighted by atomic mass is 35.5. The van der Waals surface area contributed by atoms with Gasteiger partial charge >= 0.3 is 0 Å². The van der Waals surface area contributed by atoms with Crippen LogP contribution in [-0.2, 0) is 21.2 Å². The Morgan fingerprint density at radius 3 is 2.20 bits per heavy atom. The normalized spacial score (nSPS) is 14.4. The van der Waals surface area contributed by atoms with Crippen molar-refractivity contribution in [2.75, 3.05) is 44.2 Å². The van der Waals surface area contributed by atoms with E-state index in [4.69, 9.17) is 11.6 Å². The van der Waals surface area contributed by atoms with Crippen LogP contribution in [0.4, 0.5) is 5.69 Å². The molecule has 6 nitrogen and oxygen atoms in total. The molecule has 1 fully saturated rings. The molecular formula is C27H30ClN3O3S. The van der Waals surface area contributed by atoms with E-state index in [1.807, 2.05) is 55.5 Å². The van der Waals surface area contributed by atoms with E-state index < -0.39 is 10.0 Å². The molecule has 3 aromatic rings. The Bertz CT molecular complexity index is 1250. The summed E-state index contributed by atoms with van der Waals surface area (Å²) in [5.74, 6) is -0.181. The molecule has 0 spiro atoms. The van der Waals surface area contributed by atoms with Crippen molar-refractivity contribution in [1.29, 1.82) is 0 Å². The van der Waals surface area contributed by atoms with E-state index in [9.17, 15) is 13.2 Å². The maximum absolute atomic E-state index is 13.4. The molecule has 1 saturated heterocycles. The predicted octanol–water partition coefficient (Wildman–Crippen LogP) is 4.23. The number of rotatable bonds is 8. The third kappa shape index (κ3) is 6.23. The minimum absolute atomic E-state index is 0.180. The molecule has 4 rings (SSSR count). The number of benzene rings is 3. The standard InChI is InChI=1S/C27H30ClN3O3S/c1-22-12-13-24(28)20-26(22)29-16-18-30(19-17-29)27(32)21-31(15-14-23-8-4-2-5-9-23)35(33,34)25-10-6-3-7-11-25/h2-13,20H,14-19,21H2,1H3. The van der Waals surface area contributed by atoms with Crippen molar-refractivity contribution in [2.45, 2.75) is 18.2 Å². The summed E-state index contributed by atoms with van der Waals surface area (Å²) < 4.78 is 28.1. The second-order valence-corrected chi connectivity index (χ2v) is 11.1. The molecule has 0 N–H and O–H groups in total. The fraction of sp³-hybridized carbons (Fsp3) is 0.296. The quantitative estimate of drug-likeness (QED) is 0.454. The Morgan fingerprint density at radius 1 is 0.914 bits per heavy atom. The number of carbonyl (C=O) groups excluding carboxylic acids is 1. The average Bonchev–Trinajstić information content (AvgIpc) is 2.89. The monoisotopic (exact) mass is 511 g/mol. The molecular weight excluding hydrogens is 482 g/mol. The second kappa shape index (κ2) is 11.2. The van der Waals surface area contributed by atoms with Gasteiger partial charge in [0, 0.05) is 43.4 Å². The van der Waals surface area contributed by atoms with E-state index >= 15 is 0 Å². The molecule has 1 aliphatic rings. The molecule has 0 aromatic heterocycles. The van der Waals surface area contributed by atoms with Crippen LogP contribution in [-0.4, -0.2) is 62.8 Å². The van der Waals surface area contributed by atoms with Gasteiger partial charge in [-0.25, -0.2) is 8.42 Å². The van der Waals surface area contributed by atoms with Crippen molar-refractivity contribution in [3.63, 3.8) is 0 Å². The number of piperazine rings is 1. The topological polar surface area (TPSA) is 60.9 Å². The zero-order chi connectivity index (χ0) is 24.8. The highest BCUT2D eigenvalue weighted by Gasteiger charge is 2.30. The Labute approximate surface area is 212 Å². The molecule has 0 radical (unpaired) electrons. The van der Waals surface area contributed by atoms with Crippen molar-refractivity contribution in [3.8, 4) is 0 Å². The predicted molar refractivity (Wildman–Crippen MR) is 140 cm³/mol. The molecule has 3 aromatic carbocycles. The summed E-state index contributed by atoms with van der Waals surface area (Å²) in [6.45, 7) is 4.49. The third-order valence-corrected chi connectivity index (χ3v) is 8.42. The summed E-state index contributed by atoms with van der Waals surface area (Å²) >= 11 is 6.19. The van der Waals surface area contributed by atoms with Gasteiger partial charge in [0.25, 0.3) is 0 Å². The van der Waals surface area contributed by atoms with Gasteiger partial charge in [0.1, 0.15) is 0 Å². The molecule has 0 bridgehead atoms. The van der Waals surface area contributed by atoms with Gasteiger partial charge in [-0.3, -0.25) is 4.79 Å².